The van der Waals surface area contributed by atoms with Gasteiger partial charge in [0.25, 0.3) is 0 Å². The first-order chi connectivity index (χ1) is 2.00. The molecule has 0 rings (SSSR count). The van der Waals surface area contributed by atoms with Gasteiger partial charge in [-0.1, -0.05) is 0 Å². The van der Waals surface area contributed by atoms with Crippen molar-refractivity contribution >= 4 is 10.4 Å². The molecule has 7 heteroatoms. The van der Waals surface area contributed by atoms with E-state index in [0.29, 0.717) is 0 Å². The Balaban J connectivity index is -0.0000000800. The van der Waals surface area contributed by atoms with E-state index in [1.807, 2.05) is 0 Å². The fourth-order valence-electron chi connectivity index (χ4n) is 0. The summed E-state index contributed by atoms with van der Waals surface area (Å²) in [4.78, 5) is 0. The van der Waals surface area contributed by atoms with Gasteiger partial charge >= 0.3 is 0 Å². The predicted molar refractivity (Wildman–Crippen MR) is 15.5 cm³/mol. The van der Waals surface area contributed by atoms with Gasteiger partial charge in [0.05, 0.1) is 0 Å². The molecular formula is H3CeNO4S-2. The van der Waals surface area contributed by atoms with E-state index in [1.165, 1.54) is 0 Å². The Labute approximate surface area is 75.0 Å². The molecule has 0 spiro atoms. The SMILES string of the molecule is N.O=S(=O)([O-])[O-].[Ce]. The molecule has 0 aromatic heterocycles. The molecule has 0 aliphatic rings. The van der Waals surface area contributed by atoms with Gasteiger partial charge in [-0.2, -0.15) is 0 Å². The van der Waals surface area contributed by atoms with Crippen LogP contribution in [0.1, 0.15) is 0 Å². The average molecular weight is 253 g/mol. The van der Waals surface area contributed by atoms with Crippen molar-refractivity contribution in [1.29, 1.82) is 0 Å². The van der Waals surface area contributed by atoms with Gasteiger partial charge in [-0.05, 0) is 0 Å². The molecule has 0 heterocycles. The standard InChI is InChI=1S/Ce.H3N.H2O4S/c;;1-5(2,3)4/h;1H3;(H2,1,2,3,4)/p-2. The molecule has 3 N–H and O–H groups in total. The fraction of sp³-hybridized carbons (Fsp3) is 0. The summed E-state index contributed by atoms with van der Waals surface area (Å²) in [5.74, 6) is 0. The van der Waals surface area contributed by atoms with Crippen LogP contribution in [-0.4, -0.2) is 17.5 Å². The van der Waals surface area contributed by atoms with Crippen molar-refractivity contribution in [2.24, 2.45) is 0 Å². The molecule has 0 saturated carbocycles. The Kier molecular flexibility index (Phi) is 12.0. The Morgan fingerprint density at radius 3 is 1.14 bits per heavy atom. The molecule has 0 aliphatic carbocycles. The molecule has 0 bridgehead atoms. The Hall–Kier alpha value is 1.21. The van der Waals surface area contributed by atoms with E-state index in [4.69, 9.17) is 17.5 Å². The molecule has 0 radical (unpaired) electrons. The quantitative estimate of drug-likeness (QED) is 0.431. The zero-order valence-electron chi connectivity index (χ0n) is 3.25. The summed E-state index contributed by atoms with van der Waals surface area (Å²) < 4.78 is 34.1. The largest absolute Gasteiger partial charge is 0.759 e. The van der Waals surface area contributed by atoms with Crippen LogP contribution in [0.2, 0.25) is 0 Å². The maximum absolute atomic E-state index is 8.52. The van der Waals surface area contributed by atoms with Crippen LogP contribution in [0.3, 0.4) is 0 Å². The first-order valence-electron chi connectivity index (χ1n) is 0.667. The smallest absolute Gasteiger partial charge is 0.0311 e. The first kappa shape index (κ1) is 15.7. The van der Waals surface area contributed by atoms with Crippen molar-refractivity contribution in [2.45, 2.75) is 0 Å². The van der Waals surface area contributed by atoms with E-state index in [1.54, 1.807) is 0 Å². The summed E-state index contributed by atoms with van der Waals surface area (Å²) in [7, 11) is -5.17. The van der Waals surface area contributed by atoms with Crippen LogP contribution in [-0.2, 0) is 10.4 Å². The third-order valence-corrected chi connectivity index (χ3v) is 0. The van der Waals surface area contributed by atoms with Crippen LogP contribution in [0, 0.1) is 41.7 Å². The van der Waals surface area contributed by atoms with Crippen molar-refractivity contribution in [1.82, 2.24) is 6.15 Å². The third-order valence-electron chi connectivity index (χ3n) is 0. The van der Waals surface area contributed by atoms with Gasteiger partial charge < -0.3 is 15.3 Å². The maximum atomic E-state index is 8.52. The maximum Gasteiger partial charge on any atom is 0.0311 e. The summed E-state index contributed by atoms with van der Waals surface area (Å²) >= 11 is 0. The summed E-state index contributed by atoms with van der Waals surface area (Å²) in [5, 5.41) is 0. The summed E-state index contributed by atoms with van der Waals surface area (Å²) in [6, 6.07) is 0. The third kappa shape index (κ3) is 134. The minimum absolute atomic E-state index is 0. The second-order valence-electron chi connectivity index (χ2n) is 0.408. The molecule has 7 heavy (non-hydrogen) atoms. The monoisotopic (exact) mass is 253 g/mol. The van der Waals surface area contributed by atoms with E-state index in [0.717, 1.165) is 0 Å². The summed E-state index contributed by atoms with van der Waals surface area (Å²) in [6.45, 7) is 0. The first-order valence-corrected chi connectivity index (χ1v) is 2.00. The van der Waals surface area contributed by atoms with Gasteiger partial charge in [0, 0.05) is 52.1 Å². The second kappa shape index (κ2) is 5.35. The molecule has 0 fully saturated rings. The topological polar surface area (TPSA) is 115 Å². The van der Waals surface area contributed by atoms with Gasteiger partial charge in [-0.25, -0.2) is 0 Å². The van der Waals surface area contributed by atoms with Crippen molar-refractivity contribution in [3.8, 4) is 0 Å². The zero-order valence-corrected chi connectivity index (χ0v) is 7.20. The van der Waals surface area contributed by atoms with Gasteiger partial charge in [0.15, 0.2) is 0 Å². The Bertz CT molecular complexity index is 94.9. The van der Waals surface area contributed by atoms with Crippen LogP contribution >= 0.6 is 0 Å². The Morgan fingerprint density at radius 2 is 1.14 bits per heavy atom. The van der Waals surface area contributed by atoms with E-state index in [2.05, 4.69) is 0 Å². The van der Waals surface area contributed by atoms with Crippen LogP contribution in [0.25, 0.3) is 0 Å². The summed E-state index contributed by atoms with van der Waals surface area (Å²) in [6.07, 6.45) is 0. The predicted octanol–water partition coefficient (Wildman–Crippen LogP) is -1.18. The minimum atomic E-state index is -5.17. The molecule has 0 aromatic rings. The van der Waals surface area contributed by atoms with E-state index in [-0.39, 0.29) is 47.9 Å². The van der Waals surface area contributed by atoms with Crippen molar-refractivity contribution in [2.75, 3.05) is 0 Å². The molecule has 0 atom stereocenters. The van der Waals surface area contributed by atoms with Gasteiger partial charge in [-0.15, -0.1) is 0 Å². The number of hydrogen-bond donors (Lipinski definition) is 1. The number of rotatable bonds is 0. The Morgan fingerprint density at radius 1 is 1.14 bits per heavy atom. The normalized spacial score (nSPS) is 8.29. The van der Waals surface area contributed by atoms with Crippen LogP contribution in [0.5, 0.6) is 0 Å². The van der Waals surface area contributed by atoms with Gasteiger partial charge in [0.2, 0.25) is 0 Å². The van der Waals surface area contributed by atoms with E-state index < -0.39 is 10.4 Å². The fourth-order valence-corrected chi connectivity index (χ4v) is 0. The molecule has 0 unspecified atom stereocenters. The molecule has 0 amide bonds. The van der Waals surface area contributed by atoms with Gasteiger partial charge in [0.1, 0.15) is 0 Å². The van der Waals surface area contributed by atoms with Crippen LogP contribution in [0.4, 0.5) is 0 Å². The zero-order chi connectivity index (χ0) is 4.50. The molecule has 0 saturated heterocycles. The molecule has 5 nitrogen and oxygen atoms in total. The van der Waals surface area contributed by atoms with Crippen molar-refractivity contribution in [3.63, 3.8) is 0 Å². The van der Waals surface area contributed by atoms with Crippen molar-refractivity contribution < 1.29 is 59.3 Å². The van der Waals surface area contributed by atoms with E-state index >= 15 is 0 Å². The van der Waals surface area contributed by atoms with Crippen LogP contribution < -0.4 is 6.15 Å². The molecule has 0 aromatic carbocycles. The molecule has 44 valence electrons. The van der Waals surface area contributed by atoms with Gasteiger partial charge in [-0.3, -0.25) is 8.42 Å². The second-order valence-corrected chi connectivity index (χ2v) is 1.22. The molecular weight excluding hydrogens is 250 g/mol. The van der Waals surface area contributed by atoms with E-state index in [9.17, 15) is 0 Å². The molecule has 0 aliphatic heterocycles. The van der Waals surface area contributed by atoms with Crippen LogP contribution in [0.15, 0.2) is 0 Å². The summed E-state index contributed by atoms with van der Waals surface area (Å²) in [5.41, 5.74) is 0. The average Bonchev–Trinajstić information content (AvgIpc) is 0.722. The number of hydrogen-bond acceptors (Lipinski definition) is 5. The minimum Gasteiger partial charge on any atom is -0.759 e. The van der Waals surface area contributed by atoms with Crippen molar-refractivity contribution in [3.05, 3.63) is 0 Å².